The number of ketones is 1. The average Bonchev–Trinajstić information content (AvgIpc) is 2.42. The van der Waals surface area contributed by atoms with Crippen molar-refractivity contribution in [1.82, 2.24) is 0 Å². The highest BCUT2D eigenvalue weighted by Crippen LogP contribution is 2.29. The van der Waals surface area contributed by atoms with E-state index in [1.807, 2.05) is 0 Å². The Hall–Kier alpha value is -1.89. The second kappa shape index (κ2) is 6.51. The van der Waals surface area contributed by atoms with Gasteiger partial charge in [-0.1, -0.05) is 19.1 Å². The van der Waals surface area contributed by atoms with Gasteiger partial charge in [-0.15, -0.1) is 0 Å². The monoisotopic (exact) mass is 289 g/mol. The lowest BCUT2D eigenvalue weighted by atomic mass is 10.1. The van der Waals surface area contributed by atoms with Crippen LogP contribution in [0.15, 0.2) is 24.3 Å². The first-order valence-electron chi connectivity index (χ1n) is 5.88. The van der Waals surface area contributed by atoms with Crippen LogP contribution in [0.3, 0.4) is 0 Å². The van der Waals surface area contributed by atoms with E-state index in [2.05, 4.69) is 4.74 Å². The molecule has 1 rings (SSSR count). The van der Waals surface area contributed by atoms with E-state index >= 15 is 0 Å². The smallest absolute Gasteiger partial charge is 0.416 e. The van der Waals surface area contributed by atoms with E-state index in [9.17, 15) is 22.8 Å². The summed E-state index contributed by atoms with van der Waals surface area (Å²) in [6.45, 7) is 1.37. The minimum Gasteiger partial charge on any atom is -0.455 e. The molecule has 1 aromatic carbocycles. The van der Waals surface area contributed by atoms with Crippen molar-refractivity contribution < 1.29 is 27.5 Å². The van der Waals surface area contributed by atoms with Gasteiger partial charge in [-0.05, 0) is 24.1 Å². The lowest BCUT2D eigenvalue weighted by Gasteiger charge is -2.09. The topological polar surface area (TPSA) is 69.4 Å². The van der Waals surface area contributed by atoms with Crippen LogP contribution in [-0.4, -0.2) is 17.8 Å². The van der Waals surface area contributed by atoms with Gasteiger partial charge in [0.05, 0.1) is 11.6 Å². The molecule has 1 atom stereocenters. The zero-order valence-corrected chi connectivity index (χ0v) is 10.7. The van der Waals surface area contributed by atoms with Crippen LogP contribution in [0.2, 0.25) is 0 Å². The summed E-state index contributed by atoms with van der Waals surface area (Å²) in [6.07, 6.45) is -4.12. The molecule has 110 valence electrons. The van der Waals surface area contributed by atoms with Crippen LogP contribution in [0.25, 0.3) is 0 Å². The minimum atomic E-state index is -4.42. The van der Waals surface area contributed by atoms with Crippen molar-refractivity contribution in [3.63, 3.8) is 0 Å². The van der Waals surface area contributed by atoms with Crippen molar-refractivity contribution >= 4 is 11.8 Å². The molecule has 0 saturated carbocycles. The summed E-state index contributed by atoms with van der Waals surface area (Å²) in [7, 11) is 0. The third-order valence-electron chi connectivity index (χ3n) is 2.63. The number of halogens is 3. The van der Waals surface area contributed by atoms with Gasteiger partial charge in [0.1, 0.15) is 6.61 Å². The van der Waals surface area contributed by atoms with Gasteiger partial charge in [0.25, 0.3) is 5.78 Å². The molecule has 0 fully saturated rings. The van der Waals surface area contributed by atoms with E-state index in [-0.39, 0.29) is 6.61 Å². The molecule has 0 amide bonds. The van der Waals surface area contributed by atoms with Crippen LogP contribution in [0.5, 0.6) is 0 Å². The SMILES string of the molecule is CCC(N)C(=O)C(=O)OCc1ccc(C(F)(F)F)cc1. The summed E-state index contributed by atoms with van der Waals surface area (Å²) in [5.41, 5.74) is 4.94. The van der Waals surface area contributed by atoms with Gasteiger partial charge in [-0.25, -0.2) is 4.79 Å². The number of Topliss-reactive ketones (excluding diaryl/α,β-unsaturated/α-hetero) is 1. The molecule has 7 heteroatoms. The third-order valence-corrected chi connectivity index (χ3v) is 2.63. The van der Waals surface area contributed by atoms with Crippen LogP contribution in [0.1, 0.15) is 24.5 Å². The Morgan fingerprint density at radius 3 is 2.25 bits per heavy atom. The number of rotatable bonds is 5. The minimum absolute atomic E-state index is 0.279. The maximum Gasteiger partial charge on any atom is 0.416 e. The molecule has 2 N–H and O–H groups in total. The van der Waals surface area contributed by atoms with Crippen molar-refractivity contribution in [1.29, 1.82) is 0 Å². The molecule has 0 saturated heterocycles. The highest BCUT2D eigenvalue weighted by molar-refractivity contribution is 6.35. The first-order valence-corrected chi connectivity index (χ1v) is 5.88. The summed E-state index contributed by atoms with van der Waals surface area (Å²) in [4.78, 5) is 22.6. The van der Waals surface area contributed by atoms with Crippen molar-refractivity contribution in [3.8, 4) is 0 Å². The van der Waals surface area contributed by atoms with Crippen molar-refractivity contribution in [2.75, 3.05) is 0 Å². The first kappa shape index (κ1) is 16.2. The molecule has 0 spiro atoms. The fraction of sp³-hybridized carbons (Fsp3) is 0.385. The number of alkyl halides is 3. The van der Waals surface area contributed by atoms with Gasteiger partial charge in [0.2, 0.25) is 0 Å². The molecule has 20 heavy (non-hydrogen) atoms. The first-order chi connectivity index (χ1) is 9.25. The lowest BCUT2D eigenvalue weighted by Crippen LogP contribution is -2.36. The fourth-order valence-corrected chi connectivity index (χ4v) is 1.35. The fourth-order valence-electron chi connectivity index (χ4n) is 1.35. The van der Waals surface area contributed by atoms with Gasteiger partial charge in [-0.3, -0.25) is 4.79 Å². The van der Waals surface area contributed by atoms with E-state index in [1.165, 1.54) is 12.1 Å². The molecule has 0 aromatic heterocycles. The van der Waals surface area contributed by atoms with Gasteiger partial charge in [-0.2, -0.15) is 13.2 Å². The normalized spacial score (nSPS) is 12.8. The number of benzene rings is 1. The third kappa shape index (κ3) is 4.34. The van der Waals surface area contributed by atoms with E-state index < -0.39 is 29.5 Å². The number of esters is 1. The Morgan fingerprint density at radius 2 is 1.80 bits per heavy atom. The van der Waals surface area contributed by atoms with Crippen LogP contribution in [0.4, 0.5) is 13.2 Å². The Morgan fingerprint density at radius 1 is 1.25 bits per heavy atom. The van der Waals surface area contributed by atoms with Gasteiger partial charge < -0.3 is 10.5 Å². The number of ether oxygens (including phenoxy) is 1. The van der Waals surface area contributed by atoms with Crippen LogP contribution in [0, 0.1) is 0 Å². The standard InChI is InChI=1S/C13H14F3NO3/c1-2-10(17)11(18)12(19)20-7-8-3-5-9(6-4-8)13(14,15)16/h3-6,10H,2,7,17H2,1H3. The second-order valence-corrected chi connectivity index (χ2v) is 4.15. The van der Waals surface area contributed by atoms with Crippen molar-refractivity contribution in [3.05, 3.63) is 35.4 Å². The van der Waals surface area contributed by atoms with E-state index in [0.717, 1.165) is 12.1 Å². The Balaban J connectivity index is 2.58. The molecule has 0 aliphatic heterocycles. The maximum atomic E-state index is 12.3. The zero-order chi connectivity index (χ0) is 15.3. The molecular formula is C13H14F3NO3. The summed E-state index contributed by atoms with van der Waals surface area (Å²) in [5.74, 6) is -1.93. The molecule has 0 aliphatic carbocycles. The Bertz CT molecular complexity index is 483. The summed E-state index contributed by atoms with van der Waals surface area (Å²) in [5, 5.41) is 0. The molecule has 1 aromatic rings. The predicted molar refractivity (Wildman–Crippen MR) is 64.5 cm³/mol. The quantitative estimate of drug-likeness (QED) is 0.665. The van der Waals surface area contributed by atoms with Gasteiger partial charge in [0.15, 0.2) is 0 Å². The number of hydrogen-bond acceptors (Lipinski definition) is 4. The Labute approximate surface area is 113 Å². The van der Waals surface area contributed by atoms with Crippen molar-refractivity contribution in [2.45, 2.75) is 32.2 Å². The van der Waals surface area contributed by atoms with Crippen LogP contribution < -0.4 is 5.73 Å². The predicted octanol–water partition coefficient (Wildman–Crippen LogP) is 2.05. The summed E-state index contributed by atoms with van der Waals surface area (Å²) >= 11 is 0. The highest BCUT2D eigenvalue weighted by Gasteiger charge is 2.30. The highest BCUT2D eigenvalue weighted by atomic mass is 19.4. The van der Waals surface area contributed by atoms with Gasteiger partial charge >= 0.3 is 12.1 Å². The average molecular weight is 289 g/mol. The number of nitrogens with two attached hydrogens (primary N) is 1. The molecule has 0 bridgehead atoms. The van der Waals surface area contributed by atoms with Crippen LogP contribution >= 0.6 is 0 Å². The number of carbonyl (C=O) groups excluding carboxylic acids is 2. The maximum absolute atomic E-state index is 12.3. The molecule has 0 aliphatic rings. The summed E-state index contributed by atoms with van der Waals surface area (Å²) in [6, 6.07) is 3.20. The van der Waals surface area contributed by atoms with Crippen LogP contribution in [-0.2, 0) is 27.1 Å². The van der Waals surface area contributed by atoms with Gasteiger partial charge in [0, 0.05) is 0 Å². The molecule has 4 nitrogen and oxygen atoms in total. The van der Waals surface area contributed by atoms with E-state index in [4.69, 9.17) is 5.73 Å². The molecule has 0 radical (unpaired) electrons. The van der Waals surface area contributed by atoms with E-state index in [0.29, 0.717) is 12.0 Å². The Kier molecular flexibility index (Phi) is 5.26. The number of carbonyl (C=O) groups is 2. The number of hydrogen-bond donors (Lipinski definition) is 1. The molecule has 0 heterocycles. The van der Waals surface area contributed by atoms with E-state index in [1.54, 1.807) is 6.92 Å². The zero-order valence-electron chi connectivity index (χ0n) is 10.7. The molecule has 1 unspecified atom stereocenters. The largest absolute Gasteiger partial charge is 0.455 e. The van der Waals surface area contributed by atoms with Crippen molar-refractivity contribution in [2.24, 2.45) is 5.73 Å². The molecular weight excluding hydrogens is 275 g/mol. The second-order valence-electron chi connectivity index (χ2n) is 4.15. The summed E-state index contributed by atoms with van der Waals surface area (Å²) < 4.78 is 41.7. The lowest BCUT2D eigenvalue weighted by molar-refractivity contribution is -0.155.